The Bertz CT molecular complexity index is 260. The molecule has 2 rings (SSSR count). The first-order valence-corrected chi connectivity index (χ1v) is 7.53. The molecule has 0 radical (unpaired) electrons. The maximum atomic E-state index is 12.0. The van der Waals surface area contributed by atoms with Crippen molar-refractivity contribution in [1.82, 2.24) is 10.2 Å². The first-order chi connectivity index (χ1) is 8.79. The number of nitrogens with one attached hydrogen (secondary N) is 1. The molecule has 0 saturated heterocycles. The van der Waals surface area contributed by atoms with Gasteiger partial charge in [0.25, 0.3) is 0 Å². The molecule has 104 valence electrons. The molecule has 0 aromatic heterocycles. The largest absolute Gasteiger partial charge is 0.352 e. The van der Waals surface area contributed by atoms with Crippen LogP contribution in [-0.2, 0) is 4.79 Å². The topological polar surface area (TPSA) is 58.4 Å². The molecular formula is C14H27N3O. The van der Waals surface area contributed by atoms with E-state index in [1.165, 1.54) is 38.5 Å². The highest BCUT2D eigenvalue weighted by atomic mass is 16.2. The number of hydrogen-bond donors (Lipinski definition) is 2. The van der Waals surface area contributed by atoms with E-state index in [-0.39, 0.29) is 5.91 Å². The van der Waals surface area contributed by atoms with Gasteiger partial charge in [0.05, 0.1) is 6.54 Å². The monoisotopic (exact) mass is 253 g/mol. The molecule has 0 aromatic rings. The van der Waals surface area contributed by atoms with Gasteiger partial charge in [0.2, 0.25) is 5.91 Å². The highest BCUT2D eigenvalue weighted by molar-refractivity contribution is 5.78. The van der Waals surface area contributed by atoms with Crippen LogP contribution < -0.4 is 11.1 Å². The van der Waals surface area contributed by atoms with Crippen LogP contribution in [0, 0.1) is 0 Å². The Balaban J connectivity index is 1.73. The number of rotatable bonds is 6. The molecule has 0 bridgehead atoms. The molecule has 0 heterocycles. The van der Waals surface area contributed by atoms with E-state index >= 15 is 0 Å². The summed E-state index contributed by atoms with van der Waals surface area (Å²) in [5, 5.41) is 3.19. The van der Waals surface area contributed by atoms with Crippen molar-refractivity contribution in [3.8, 4) is 0 Å². The normalized spacial score (nSPS) is 21.9. The summed E-state index contributed by atoms with van der Waals surface area (Å²) in [5.74, 6) is 0.197. The van der Waals surface area contributed by atoms with Crippen LogP contribution in [0.4, 0.5) is 0 Å². The van der Waals surface area contributed by atoms with Crippen molar-refractivity contribution < 1.29 is 4.79 Å². The minimum absolute atomic E-state index is 0.197. The van der Waals surface area contributed by atoms with Gasteiger partial charge in [0.15, 0.2) is 0 Å². The molecule has 18 heavy (non-hydrogen) atoms. The SMILES string of the molecule is NCCN(CC(=O)NC1CCCCC1)C1CCC1. The second-order valence-electron chi connectivity index (χ2n) is 5.75. The van der Waals surface area contributed by atoms with Gasteiger partial charge in [-0.15, -0.1) is 0 Å². The van der Waals surface area contributed by atoms with E-state index in [9.17, 15) is 4.79 Å². The molecule has 1 amide bonds. The zero-order valence-corrected chi connectivity index (χ0v) is 11.4. The fourth-order valence-electron chi connectivity index (χ4n) is 3.01. The zero-order valence-electron chi connectivity index (χ0n) is 11.4. The Morgan fingerprint density at radius 1 is 1.11 bits per heavy atom. The summed E-state index contributed by atoms with van der Waals surface area (Å²) in [5.41, 5.74) is 5.63. The van der Waals surface area contributed by atoms with Crippen LogP contribution in [0.2, 0.25) is 0 Å². The summed E-state index contributed by atoms with van der Waals surface area (Å²) in [6.07, 6.45) is 9.94. The Hall–Kier alpha value is -0.610. The first kappa shape index (κ1) is 13.8. The summed E-state index contributed by atoms with van der Waals surface area (Å²) in [4.78, 5) is 14.3. The van der Waals surface area contributed by atoms with Gasteiger partial charge in [-0.05, 0) is 25.7 Å². The second kappa shape index (κ2) is 7.10. The summed E-state index contributed by atoms with van der Waals surface area (Å²) < 4.78 is 0. The molecular weight excluding hydrogens is 226 g/mol. The molecule has 2 saturated carbocycles. The molecule has 0 unspecified atom stereocenters. The number of nitrogens with zero attached hydrogens (tertiary/aromatic N) is 1. The third-order valence-corrected chi connectivity index (χ3v) is 4.32. The molecule has 0 aromatic carbocycles. The second-order valence-corrected chi connectivity index (χ2v) is 5.75. The first-order valence-electron chi connectivity index (χ1n) is 7.53. The highest BCUT2D eigenvalue weighted by Crippen LogP contribution is 2.24. The van der Waals surface area contributed by atoms with Crippen LogP contribution in [0.3, 0.4) is 0 Å². The molecule has 0 spiro atoms. The minimum atomic E-state index is 0.197. The molecule has 0 aliphatic heterocycles. The van der Waals surface area contributed by atoms with E-state index in [1.54, 1.807) is 0 Å². The predicted molar refractivity (Wildman–Crippen MR) is 73.3 cm³/mol. The van der Waals surface area contributed by atoms with Crippen LogP contribution in [0.5, 0.6) is 0 Å². The molecule has 2 fully saturated rings. The van der Waals surface area contributed by atoms with Crippen LogP contribution in [0.25, 0.3) is 0 Å². The van der Waals surface area contributed by atoms with Gasteiger partial charge in [0.1, 0.15) is 0 Å². The van der Waals surface area contributed by atoms with E-state index in [0.717, 1.165) is 19.4 Å². The van der Waals surface area contributed by atoms with Crippen LogP contribution >= 0.6 is 0 Å². The molecule has 3 N–H and O–H groups in total. The van der Waals surface area contributed by atoms with Gasteiger partial charge < -0.3 is 11.1 Å². The standard InChI is InChI=1S/C14H27N3O/c15-9-10-17(13-7-4-8-13)11-14(18)16-12-5-2-1-3-6-12/h12-13H,1-11,15H2,(H,16,18). The van der Waals surface area contributed by atoms with E-state index in [4.69, 9.17) is 5.73 Å². The lowest BCUT2D eigenvalue weighted by molar-refractivity contribution is -0.124. The van der Waals surface area contributed by atoms with E-state index in [2.05, 4.69) is 10.2 Å². The van der Waals surface area contributed by atoms with Crippen molar-refractivity contribution in [2.24, 2.45) is 5.73 Å². The third kappa shape index (κ3) is 3.95. The van der Waals surface area contributed by atoms with Gasteiger partial charge in [-0.2, -0.15) is 0 Å². The molecule has 4 heteroatoms. The average molecular weight is 253 g/mol. The van der Waals surface area contributed by atoms with Gasteiger partial charge in [-0.3, -0.25) is 9.69 Å². The molecule has 2 aliphatic rings. The van der Waals surface area contributed by atoms with Crippen molar-refractivity contribution in [3.05, 3.63) is 0 Å². The summed E-state index contributed by atoms with van der Waals surface area (Å²) >= 11 is 0. The van der Waals surface area contributed by atoms with Crippen molar-refractivity contribution in [3.63, 3.8) is 0 Å². The van der Waals surface area contributed by atoms with Crippen molar-refractivity contribution in [2.75, 3.05) is 19.6 Å². The molecule has 0 atom stereocenters. The lowest BCUT2D eigenvalue weighted by Gasteiger charge is -2.37. The van der Waals surface area contributed by atoms with Crippen LogP contribution in [0.15, 0.2) is 0 Å². The zero-order chi connectivity index (χ0) is 12.8. The maximum absolute atomic E-state index is 12.0. The smallest absolute Gasteiger partial charge is 0.234 e. The molecule has 2 aliphatic carbocycles. The van der Waals surface area contributed by atoms with Crippen LogP contribution in [0.1, 0.15) is 51.4 Å². The number of hydrogen-bond acceptors (Lipinski definition) is 3. The quantitative estimate of drug-likeness (QED) is 0.749. The highest BCUT2D eigenvalue weighted by Gasteiger charge is 2.26. The summed E-state index contributed by atoms with van der Waals surface area (Å²) in [6, 6.07) is 1.03. The Morgan fingerprint density at radius 3 is 2.39 bits per heavy atom. The lowest BCUT2D eigenvalue weighted by atomic mass is 9.91. The predicted octanol–water partition coefficient (Wildman–Crippen LogP) is 1.25. The Kier molecular flexibility index (Phi) is 5.45. The lowest BCUT2D eigenvalue weighted by Crippen LogP contribution is -2.49. The number of nitrogens with two attached hydrogens (primary N) is 1. The summed E-state index contributed by atoms with van der Waals surface area (Å²) in [6.45, 7) is 2.04. The van der Waals surface area contributed by atoms with Crippen molar-refractivity contribution in [1.29, 1.82) is 0 Å². The van der Waals surface area contributed by atoms with Gasteiger partial charge in [-0.25, -0.2) is 0 Å². The summed E-state index contributed by atoms with van der Waals surface area (Å²) in [7, 11) is 0. The van der Waals surface area contributed by atoms with Gasteiger partial charge in [-0.1, -0.05) is 25.7 Å². The number of amides is 1. The Morgan fingerprint density at radius 2 is 1.83 bits per heavy atom. The van der Waals surface area contributed by atoms with E-state index < -0.39 is 0 Å². The number of carbonyl (C=O) groups excluding carboxylic acids is 1. The van der Waals surface area contributed by atoms with Crippen LogP contribution in [-0.4, -0.2) is 42.5 Å². The molecule has 4 nitrogen and oxygen atoms in total. The Labute approximate surface area is 110 Å². The minimum Gasteiger partial charge on any atom is -0.352 e. The fourth-order valence-corrected chi connectivity index (χ4v) is 3.01. The van der Waals surface area contributed by atoms with E-state index in [0.29, 0.717) is 25.2 Å². The van der Waals surface area contributed by atoms with E-state index in [1.807, 2.05) is 0 Å². The fraction of sp³-hybridized carbons (Fsp3) is 0.929. The maximum Gasteiger partial charge on any atom is 0.234 e. The van der Waals surface area contributed by atoms with Crippen molar-refractivity contribution in [2.45, 2.75) is 63.5 Å². The van der Waals surface area contributed by atoms with Gasteiger partial charge in [0, 0.05) is 25.2 Å². The average Bonchev–Trinajstić information content (AvgIpc) is 2.28. The third-order valence-electron chi connectivity index (χ3n) is 4.32. The number of carbonyl (C=O) groups is 1. The van der Waals surface area contributed by atoms with Gasteiger partial charge >= 0.3 is 0 Å². The van der Waals surface area contributed by atoms with Crippen molar-refractivity contribution >= 4 is 5.91 Å².